The van der Waals surface area contributed by atoms with Crippen LogP contribution in [0.5, 0.6) is 0 Å². The van der Waals surface area contributed by atoms with Crippen molar-refractivity contribution in [2.45, 2.75) is 24.9 Å². The van der Waals surface area contributed by atoms with Gasteiger partial charge in [-0.25, -0.2) is 10.9 Å². The molecule has 0 aromatic heterocycles. The number of rotatable bonds is 5. The first-order chi connectivity index (χ1) is 11.3. The topological polar surface area (TPSA) is 71.6 Å². The Morgan fingerprint density at radius 3 is 1.25 bits per heavy atom. The van der Waals surface area contributed by atoms with E-state index in [1.54, 1.807) is 62.4 Å². The molecule has 0 aliphatic carbocycles. The molecule has 0 heterocycles. The lowest BCUT2D eigenvalue weighted by Gasteiger charge is -2.31. The van der Waals surface area contributed by atoms with Crippen molar-refractivity contribution in [3.63, 3.8) is 0 Å². The van der Waals surface area contributed by atoms with Gasteiger partial charge in [0.25, 0.3) is 0 Å². The van der Waals surface area contributed by atoms with Crippen LogP contribution >= 0.6 is 23.2 Å². The summed E-state index contributed by atoms with van der Waals surface area (Å²) in [5, 5.41) is 20.4. The fourth-order valence-corrected chi connectivity index (χ4v) is 2.40. The van der Waals surface area contributed by atoms with Gasteiger partial charge in [0.05, 0.1) is 12.1 Å². The number of hydrogen-bond acceptors (Lipinski definition) is 4. The van der Waals surface area contributed by atoms with E-state index in [9.17, 15) is 10.5 Å². The zero-order chi connectivity index (χ0) is 17.8. The summed E-state index contributed by atoms with van der Waals surface area (Å²) in [6.45, 7) is 3.45. The zero-order valence-electron chi connectivity index (χ0n) is 13.3. The minimum atomic E-state index is -1.03. The number of nitrogens with zero attached hydrogens (tertiary/aromatic N) is 2. The molecular weight excluding hydrogens is 343 g/mol. The Hall–Kier alpha value is -2.08. The lowest BCUT2D eigenvalue weighted by atomic mass is 9.92. The Balaban J connectivity index is 2.25. The van der Waals surface area contributed by atoms with Gasteiger partial charge in [0.15, 0.2) is 0 Å². The molecule has 2 atom stereocenters. The first kappa shape index (κ1) is 18.3. The van der Waals surface area contributed by atoms with Gasteiger partial charge in [0.2, 0.25) is 0 Å². The second kappa shape index (κ2) is 7.21. The van der Waals surface area contributed by atoms with Crippen LogP contribution in [0.25, 0.3) is 0 Å². The van der Waals surface area contributed by atoms with Crippen LogP contribution in [0.3, 0.4) is 0 Å². The standard InChI is InChI=1S/C18H16Cl2N4/c1-17(11-21,13-3-7-15(19)8-4-13)23-24-18(2,12-22)14-5-9-16(20)10-6-14/h3-10,23-24H,1-2H3/t17-,18+. The summed E-state index contributed by atoms with van der Waals surface area (Å²) in [6, 6.07) is 18.4. The van der Waals surface area contributed by atoms with E-state index in [0.717, 1.165) is 11.1 Å². The maximum absolute atomic E-state index is 9.60. The highest BCUT2D eigenvalue weighted by Gasteiger charge is 2.32. The fourth-order valence-electron chi connectivity index (χ4n) is 2.15. The van der Waals surface area contributed by atoms with E-state index in [2.05, 4.69) is 23.0 Å². The molecule has 0 radical (unpaired) electrons. The summed E-state index contributed by atoms with van der Waals surface area (Å²) in [5.74, 6) is 0. The number of nitriles is 2. The molecule has 122 valence electrons. The Labute approximate surface area is 151 Å². The van der Waals surface area contributed by atoms with Crippen molar-refractivity contribution in [1.29, 1.82) is 10.5 Å². The van der Waals surface area contributed by atoms with Gasteiger partial charge in [-0.05, 0) is 49.2 Å². The molecule has 2 aromatic carbocycles. The molecule has 2 rings (SSSR count). The van der Waals surface area contributed by atoms with E-state index in [1.807, 2.05) is 0 Å². The Morgan fingerprint density at radius 1 is 0.708 bits per heavy atom. The maximum atomic E-state index is 9.60. The highest BCUT2D eigenvalue weighted by molar-refractivity contribution is 6.30. The van der Waals surface area contributed by atoms with E-state index in [0.29, 0.717) is 10.0 Å². The van der Waals surface area contributed by atoms with Gasteiger partial charge in [0.1, 0.15) is 11.1 Å². The summed E-state index contributed by atoms with van der Waals surface area (Å²) in [5.41, 5.74) is 5.36. The van der Waals surface area contributed by atoms with Crippen molar-refractivity contribution in [2.75, 3.05) is 0 Å². The highest BCUT2D eigenvalue weighted by Crippen LogP contribution is 2.25. The van der Waals surface area contributed by atoms with Crippen LogP contribution in [-0.4, -0.2) is 0 Å². The Morgan fingerprint density at radius 2 is 1.00 bits per heavy atom. The van der Waals surface area contributed by atoms with Crippen molar-refractivity contribution in [2.24, 2.45) is 0 Å². The van der Waals surface area contributed by atoms with Gasteiger partial charge in [-0.1, -0.05) is 47.5 Å². The first-order valence-electron chi connectivity index (χ1n) is 7.22. The van der Waals surface area contributed by atoms with E-state index < -0.39 is 11.1 Å². The van der Waals surface area contributed by atoms with Crippen molar-refractivity contribution < 1.29 is 0 Å². The Bertz CT molecular complexity index is 720. The molecule has 0 spiro atoms. The summed E-state index contributed by atoms with van der Waals surface area (Å²) < 4.78 is 0. The molecule has 0 saturated heterocycles. The van der Waals surface area contributed by atoms with Gasteiger partial charge in [0, 0.05) is 10.0 Å². The lowest BCUT2D eigenvalue weighted by Crippen LogP contribution is -2.55. The normalized spacial score (nSPS) is 15.6. The van der Waals surface area contributed by atoms with Crippen molar-refractivity contribution >= 4 is 23.2 Å². The smallest absolute Gasteiger partial charge is 0.141 e. The minimum Gasteiger partial charge on any atom is -0.232 e. The average molecular weight is 359 g/mol. The molecule has 0 unspecified atom stereocenters. The molecule has 0 amide bonds. The van der Waals surface area contributed by atoms with Gasteiger partial charge < -0.3 is 0 Å². The predicted molar refractivity (Wildman–Crippen MR) is 95.1 cm³/mol. The van der Waals surface area contributed by atoms with E-state index in [-0.39, 0.29) is 0 Å². The average Bonchev–Trinajstić information content (AvgIpc) is 2.60. The van der Waals surface area contributed by atoms with Crippen molar-refractivity contribution in [3.05, 3.63) is 69.7 Å². The van der Waals surface area contributed by atoms with Crippen molar-refractivity contribution in [1.82, 2.24) is 10.9 Å². The molecule has 0 aliphatic heterocycles. The fraction of sp³-hybridized carbons (Fsp3) is 0.222. The van der Waals surface area contributed by atoms with Gasteiger partial charge >= 0.3 is 0 Å². The molecule has 0 fully saturated rings. The number of halogens is 2. The van der Waals surface area contributed by atoms with Crippen LogP contribution in [-0.2, 0) is 11.1 Å². The summed E-state index contributed by atoms with van der Waals surface area (Å²) in [7, 11) is 0. The second-order valence-electron chi connectivity index (χ2n) is 5.74. The predicted octanol–water partition coefficient (Wildman–Crippen LogP) is 4.27. The molecule has 0 aliphatic rings. The zero-order valence-corrected chi connectivity index (χ0v) is 14.8. The highest BCUT2D eigenvalue weighted by atomic mass is 35.5. The number of benzene rings is 2. The van der Waals surface area contributed by atoms with Crippen LogP contribution < -0.4 is 10.9 Å². The first-order valence-corrected chi connectivity index (χ1v) is 7.97. The third-order valence-corrected chi connectivity index (χ3v) is 4.36. The summed E-state index contributed by atoms with van der Waals surface area (Å²) in [6.07, 6.45) is 0. The van der Waals surface area contributed by atoms with E-state index in [4.69, 9.17) is 23.2 Å². The maximum Gasteiger partial charge on any atom is 0.141 e. The molecule has 24 heavy (non-hydrogen) atoms. The molecule has 2 aromatic rings. The molecule has 0 bridgehead atoms. The number of hydrazine groups is 1. The van der Waals surface area contributed by atoms with Gasteiger partial charge in [-0.15, -0.1) is 0 Å². The van der Waals surface area contributed by atoms with Gasteiger partial charge in [-0.3, -0.25) is 0 Å². The monoisotopic (exact) mass is 358 g/mol. The number of nitrogens with one attached hydrogen (secondary N) is 2. The summed E-state index contributed by atoms with van der Waals surface area (Å²) in [4.78, 5) is 0. The molecular formula is C18H16Cl2N4. The van der Waals surface area contributed by atoms with Crippen LogP contribution in [0.1, 0.15) is 25.0 Å². The van der Waals surface area contributed by atoms with E-state index in [1.165, 1.54) is 0 Å². The SMILES string of the molecule is C[C@](C#N)(NN[C@@](C)(C#N)c1ccc(Cl)cc1)c1ccc(Cl)cc1. The minimum absolute atomic E-state index is 0.593. The van der Waals surface area contributed by atoms with Crippen LogP contribution in [0.2, 0.25) is 10.0 Å². The van der Waals surface area contributed by atoms with Crippen LogP contribution in [0, 0.1) is 22.7 Å². The summed E-state index contributed by atoms with van der Waals surface area (Å²) >= 11 is 11.8. The van der Waals surface area contributed by atoms with Crippen LogP contribution in [0.4, 0.5) is 0 Å². The quantitative estimate of drug-likeness (QED) is 0.783. The number of hydrogen-bond donors (Lipinski definition) is 2. The van der Waals surface area contributed by atoms with Crippen molar-refractivity contribution in [3.8, 4) is 12.1 Å². The molecule has 4 nitrogen and oxygen atoms in total. The lowest BCUT2D eigenvalue weighted by molar-refractivity contribution is 0.306. The third-order valence-electron chi connectivity index (χ3n) is 3.85. The third kappa shape index (κ3) is 3.87. The van der Waals surface area contributed by atoms with E-state index >= 15 is 0 Å². The second-order valence-corrected chi connectivity index (χ2v) is 6.61. The molecule has 0 saturated carbocycles. The van der Waals surface area contributed by atoms with Crippen LogP contribution in [0.15, 0.2) is 48.5 Å². The largest absolute Gasteiger partial charge is 0.232 e. The van der Waals surface area contributed by atoms with Gasteiger partial charge in [-0.2, -0.15) is 10.5 Å². The Kier molecular flexibility index (Phi) is 5.49. The molecule has 6 heteroatoms. The molecule has 2 N–H and O–H groups in total.